The normalized spacial score (nSPS) is 17.1. The van der Waals surface area contributed by atoms with Crippen molar-refractivity contribution in [2.24, 2.45) is 0 Å². The number of rotatable bonds is 3. The van der Waals surface area contributed by atoms with Crippen LogP contribution in [0.15, 0.2) is 156 Å². The molecular weight excluding hydrogens is 567 g/mol. The molecular formula is C42H27NOS. The molecule has 3 heterocycles. The van der Waals surface area contributed by atoms with Crippen molar-refractivity contribution in [3.05, 3.63) is 157 Å². The highest BCUT2D eigenvalue weighted by Gasteiger charge is 2.37. The summed E-state index contributed by atoms with van der Waals surface area (Å²) in [4.78, 5) is 2.49. The Labute approximate surface area is 264 Å². The van der Waals surface area contributed by atoms with Gasteiger partial charge in [0.2, 0.25) is 0 Å². The van der Waals surface area contributed by atoms with E-state index < -0.39 is 0 Å². The molecule has 0 bridgehead atoms. The molecule has 212 valence electrons. The Morgan fingerprint density at radius 2 is 1.13 bits per heavy atom. The van der Waals surface area contributed by atoms with Gasteiger partial charge in [0.15, 0.2) is 0 Å². The molecule has 0 saturated heterocycles. The first-order valence-corrected chi connectivity index (χ1v) is 16.3. The van der Waals surface area contributed by atoms with E-state index >= 15 is 0 Å². The number of anilines is 2. The zero-order chi connectivity index (χ0) is 29.5. The summed E-state index contributed by atoms with van der Waals surface area (Å²) in [6.45, 7) is 0. The van der Waals surface area contributed by atoms with Crippen molar-refractivity contribution in [1.82, 2.24) is 0 Å². The second-order valence-electron chi connectivity index (χ2n) is 12.1. The minimum atomic E-state index is 0.271. The second kappa shape index (κ2) is 9.56. The monoisotopic (exact) mass is 593 g/mol. The van der Waals surface area contributed by atoms with E-state index in [0.717, 1.165) is 21.9 Å². The molecule has 1 aliphatic heterocycles. The zero-order valence-electron chi connectivity index (χ0n) is 24.4. The third-order valence-electron chi connectivity index (χ3n) is 9.60. The van der Waals surface area contributed by atoms with Gasteiger partial charge < -0.3 is 9.32 Å². The molecule has 1 aliphatic carbocycles. The molecule has 0 saturated carbocycles. The van der Waals surface area contributed by atoms with Crippen LogP contribution in [0.25, 0.3) is 64.4 Å². The molecule has 2 aromatic heterocycles. The van der Waals surface area contributed by atoms with Crippen molar-refractivity contribution in [3.63, 3.8) is 0 Å². The lowest BCUT2D eigenvalue weighted by Crippen LogP contribution is -2.28. The number of nitrogens with zero attached hydrogens (tertiary/aromatic N) is 1. The summed E-state index contributed by atoms with van der Waals surface area (Å²) in [6.07, 6.45) is 9.01. The van der Waals surface area contributed by atoms with E-state index in [-0.39, 0.29) is 6.04 Å². The van der Waals surface area contributed by atoms with Gasteiger partial charge >= 0.3 is 0 Å². The highest BCUT2D eigenvalue weighted by molar-refractivity contribution is 7.25. The Morgan fingerprint density at radius 3 is 1.93 bits per heavy atom. The average molecular weight is 594 g/mol. The van der Waals surface area contributed by atoms with E-state index in [1.54, 1.807) is 0 Å². The quantitative estimate of drug-likeness (QED) is 0.203. The molecule has 0 spiro atoms. The number of hydrogen-bond acceptors (Lipinski definition) is 3. The fraction of sp³-hybridized carbons (Fsp3) is 0.0476. The van der Waals surface area contributed by atoms with E-state index in [9.17, 15) is 0 Å². The largest absolute Gasteiger partial charge is 0.456 e. The van der Waals surface area contributed by atoms with E-state index in [0.29, 0.717) is 5.92 Å². The van der Waals surface area contributed by atoms with Gasteiger partial charge in [-0.1, -0.05) is 91.0 Å². The van der Waals surface area contributed by atoms with E-state index in [1.165, 1.54) is 59.4 Å². The number of benzene rings is 6. The van der Waals surface area contributed by atoms with Crippen LogP contribution < -0.4 is 4.90 Å². The number of thiophene rings is 1. The van der Waals surface area contributed by atoms with Crippen molar-refractivity contribution in [2.45, 2.75) is 12.0 Å². The smallest absolute Gasteiger partial charge is 0.135 e. The Hall–Kier alpha value is -5.38. The molecule has 3 heteroatoms. The lowest BCUT2D eigenvalue weighted by Gasteiger charge is -2.28. The molecule has 0 fully saturated rings. The molecule has 45 heavy (non-hydrogen) atoms. The maximum Gasteiger partial charge on any atom is 0.135 e. The van der Waals surface area contributed by atoms with Crippen molar-refractivity contribution < 1.29 is 4.42 Å². The van der Waals surface area contributed by atoms with Gasteiger partial charge in [-0.3, -0.25) is 0 Å². The van der Waals surface area contributed by atoms with Crippen molar-refractivity contribution in [1.29, 1.82) is 0 Å². The van der Waals surface area contributed by atoms with Crippen LogP contribution in [0.5, 0.6) is 0 Å². The number of furan rings is 1. The Morgan fingerprint density at radius 1 is 0.511 bits per heavy atom. The lowest BCUT2D eigenvalue weighted by molar-refractivity contribution is 0.669. The first-order valence-electron chi connectivity index (χ1n) is 15.5. The van der Waals surface area contributed by atoms with Gasteiger partial charge in [0.25, 0.3) is 0 Å². The van der Waals surface area contributed by atoms with Crippen LogP contribution in [0.2, 0.25) is 0 Å². The Balaban J connectivity index is 1.09. The second-order valence-corrected chi connectivity index (χ2v) is 13.2. The van der Waals surface area contributed by atoms with Crippen LogP contribution in [0.4, 0.5) is 11.4 Å². The van der Waals surface area contributed by atoms with Crippen molar-refractivity contribution in [2.75, 3.05) is 4.90 Å². The fourth-order valence-corrected chi connectivity index (χ4v) is 8.52. The summed E-state index contributed by atoms with van der Waals surface area (Å²) < 4.78 is 9.00. The summed E-state index contributed by atoms with van der Waals surface area (Å²) in [5, 5.41) is 4.92. The van der Waals surface area contributed by atoms with Gasteiger partial charge in [-0.2, -0.15) is 0 Å². The third-order valence-corrected chi connectivity index (χ3v) is 10.8. The van der Waals surface area contributed by atoms with Crippen molar-refractivity contribution >= 4 is 64.8 Å². The SMILES string of the molecule is C1=CC2c3ccccc3N(c3ccc4oc5ccc(-c6ccc7sc8ccc(-c9ccccc9)cc8c7c6)cc5c4c3)C2C=C1. The molecule has 2 nitrogen and oxygen atoms in total. The third kappa shape index (κ3) is 3.81. The molecule has 2 aliphatic rings. The highest BCUT2D eigenvalue weighted by atomic mass is 32.1. The van der Waals surface area contributed by atoms with Gasteiger partial charge in [-0.25, -0.2) is 0 Å². The summed E-state index contributed by atoms with van der Waals surface area (Å²) in [5.74, 6) is 0.362. The molecule has 6 aromatic carbocycles. The predicted molar refractivity (Wildman–Crippen MR) is 191 cm³/mol. The molecule has 2 unspecified atom stereocenters. The maximum absolute atomic E-state index is 6.37. The van der Waals surface area contributed by atoms with Crippen molar-refractivity contribution in [3.8, 4) is 22.3 Å². The lowest BCUT2D eigenvalue weighted by atomic mass is 9.91. The van der Waals surface area contributed by atoms with Gasteiger partial charge in [0, 0.05) is 48.2 Å². The Bertz CT molecular complexity index is 2510. The van der Waals surface area contributed by atoms with Gasteiger partial charge in [0.05, 0.1) is 6.04 Å². The maximum atomic E-state index is 6.37. The minimum Gasteiger partial charge on any atom is -0.456 e. The van der Waals surface area contributed by atoms with Gasteiger partial charge in [0.1, 0.15) is 11.2 Å². The topological polar surface area (TPSA) is 16.4 Å². The number of para-hydroxylation sites is 1. The predicted octanol–water partition coefficient (Wildman–Crippen LogP) is 12.0. The number of hydrogen-bond donors (Lipinski definition) is 0. The highest BCUT2D eigenvalue weighted by Crippen LogP contribution is 2.48. The van der Waals surface area contributed by atoms with Gasteiger partial charge in [-0.15, -0.1) is 11.3 Å². The summed E-state index contributed by atoms with van der Waals surface area (Å²) in [6, 6.07) is 46.8. The molecule has 8 aromatic rings. The molecule has 2 atom stereocenters. The standard InChI is InChI=1S/C42H27NOS/c1-2-8-26(9-3-1)27-15-20-41-35(23-27)36-24-29(16-21-42(36)45-41)28-14-18-39-33(22-28)34-25-30(17-19-40(34)44-39)43-37-12-6-4-10-31(37)32-11-5-7-13-38(32)43/h1-25,31,37H. The summed E-state index contributed by atoms with van der Waals surface area (Å²) in [7, 11) is 0. The molecule has 0 radical (unpaired) electrons. The van der Waals surface area contributed by atoms with E-state index in [4.69, 9.17) is 4.42 Å². The minimum absolute atomic E-state index is 0.271. The van der Waals surface area contributed by atoms with Crippen LogP contribution in [-0.4, -0.2) is 6.04 Å². The number of fused-ring (bicyclic) bond motifs is 9. The van der Waals surface area contributed by atoms with E-state index in [2.05, 4.69) is 157 Å². The van der Waals surface area contributed by atoms with Crippen LogP contribution in [0, 0.1) is 0 Å². The molecule has 0 N–H and O–H groups in total. The molecule has 10 rings (SSSR count). The first-order chi connectivity index (χ1) is 22.3. The van der Waals surface area contributed by atoms with Crippen LogP contribution in [-0.2, 0) is 0 Å². The Kier molecular flexibility index (Phi) is 5.31. The van der Waals surface area contributed by atoms with Crippen LogP contribution in [0.3, 0.4) is 0 Å². The zero-order valence-corrected chi connectivity index (χ0v) is 25.2. The first kappa shape index (κ1) is 25.0. The molecule has 0 amide bonds. The average Bonchev–Trinajstić information content (AvgIpc) is 3.77. The fourth-order valence-electron chi connectivity index (χ4n) is 7.45. The number of allylic oxidation sites excluding steroid dienone is 2. The van der Waals surface area contributed by atoms with Gasteiger partial charge in [-0.05, 0) is 88.5 Å². The van der Waals surface area contributed by atoms with Crippen LogP contribution in [0.1, 0.15) is 11.5 Å². The van der Waals surface area contributed by atoms with E-state index in [1.807, 2.05) is 11.3 Å². The van der Waals surface area contributed by atoms with Crippen LogP contribution >= 0.6 is 11.3 Å². The summed E-state index contributed by atoms with van der Waals surface area (Å²) >= 11 is 1.86. The summed E-state index contributed by atoms with van der Waals surface area (Å²) in [5.41, 5.74) is 10.6.